The van der Waals surface area contributed by atoms with E-state index in [9.17, 15) is 5.11 Å². The van der Waals surface area contributed by atoms with E-state index in [1.165, 1.54) is 5.56 Å². The van der Waals surface area contributed by atoms with Gasteiger partial charge in [0.05, 0.1) is 0 Å². The van der Waals surface area contributed by atoms with Crippen LogP contribution in [0.2, 0.25) is 0 Å². The molecule has 0 saturated carbocycles. The molecule has 16 heavy (non-hydrogen) atoms. The zero-order valence-corrected chi connectivity index (χ0v) is 16.9. The molecule has 0 aliphatic rings. The Balaban J connectivity index is -0.000000305. The van der Waals surface area contributed by atoms with Crippen molar-refractivity contribution in [3.63, 3.8) is 0 Å². The third-order valence-electron chi connectivity index (χ3n) is 1.90. The Hall–Kier alpha value is 0.985. The van der Waals surface area contributed by atoms with Crippen LogP contribution in [0.15, 0.2) is 24.3 Å². The number of rotatable bonds is 2. The average molecular weight is 295 g/mol. The summed E-state index contributed by atoms with van der Waals surface area (Å²) in [5.74, 6) is 0.149. The summed E-state index contributed by atoms with van der Waals surface area (Å²) in [4.78, 5) is 0. The van der Waals surface area contributed by atoms with E-state index < -0.39 is 0 Å². The summed E-state index contributed by atoms with van der Waals surface area (Å²) in [7, 11) is 0. The van der Waals surface area contributed by atoms with Crippen LogP contribution in [0.4, 0.5) is 0 Å². The van der Waals surface area contributed by atoms with E-state index >= 15 is 0 Å². The van der Waals surface area contributed by atoms with Crippen LogP contribution in [0, 0.1) is 6.92 Å². The van der Waals surface area contributed by atoms with Gasteiger partial charge in [-0.15, -0.1) is 6.61 Å². The first-order chi connectivity index (χ1) is 7.24. The minimum Gasteiger partial charge on any atom is -0.854 e. The summed E-state index contributed by atoms with van der Waals surface area (Å²) < 4.78 is 0. The van der Waals surface area contributed by atoms with Crippen LogP contribution in [0.3, 0.4) is 0 Å². The number of aryl methyl sites for hydroxylation is 1. The summed E-state index contributed by atoms with van der Waals surface area (Å²) in [6.45, 7) is 12.0. The molecule has 1 aromatic rings. The van der Waals surface area contributed by atoms with Crippen molar-refractivity contribution in [3.05, 3.63) is 35.4 Å². The van der Waals surface area contributed by atoms with Crippen molar-refractivity contribution in [1.29, 1.82) is 0 Å². The van der Waals surface area contributed by atoms with Crippen LogP contribution in [-0.2, 0) is 0 Å². The Morgan fingerprint density at radius 2 is 1.38 bits per heavy atom. The molecule has 2 heteroatoms. The summed E-state index contributed by atoms with van der Waals surface area (Å²) in [5.41, 5.74) is 2.39. The smallest absolute Gasteiger partial charge is 0.854 e. The number of benzene rings is 1. The fraction of sp³-hybridized carbons (Fsp3) is 0.571. The van der Waals surface area contributed by atoms with Crippen molar-refractivity contribution in [2.75, 3.05) is 6.61 Å². The van der Waals surface area contributed by atoms with Gasteiger partial charge in [-0.05, 0) is 18.4 Å². The van der Waals surface area contributed by atoms with Crippen LogP contribution >= 0.6 is 0 Å². The molecule has 1 nitrogen and oxygen atoms in total. The third kappa shape index (κ3) is 10.2. The van der Waals surface area contributed by atoms with E-state index in [0.29, 0.717) is 0 Å². The van der Waals surface area contributed by atoms with Gasteiger partial charge in [-0.1, -0.05) is 64.4 Å². The molecule has 0 heterocycles. The van der Waals surface area contributed by atoms with Gasteiger partial charge in [-0.25, -0.2) is 0 Å². The molecule has 1 aromatic carbocycles. The summed E-state index contributed by atoms with van der Waals surface area (Å²) in [6, 6.07) is 8.14. The van der Waals surface area contributed by atoms with Gasteiger partial charge in [0.15, 0.2) is 0 Å². The summed E-state index contributed by atoms with van der Waals surface area (Å²) in [6.07, 6.45) is 0. The zero-order chi connectivity index (χ0) is 12.3. The fourth-order valence-electron chi connectivity index (χ4n) is 0.991. The molecule has 0 bridgehead atoms. The van der Waals surface area contributed by atoms with Gasteiger partial charge in [0, 0.05) is 0 Å². The second-order valence-electron chi connectivity index (χ2n) is 2.98. The van der Waals surface area contributed by atoms with Gasteiger partial charge < -0.3 is 5.11 Å². The minimum absolute atomic E-state index is 0. The monoisotopic (exact) mass is 294 g/mol. The molecule has 0 aliphatic carbocycles. The van der Waals surface area contributed by atoms with Gasteiger partial charge >= 0.3 is 58.2 Å². The first-order valence-electron chi connectivity index (χ1n) is 5.88. The first-order valence-corrected chi connectivity index (χ1v) is 5.88. The van der Waals surface area contributed by atoms with E-state index in [1.807, 2.05) is 65.8 Å². The van der Waals surface area contributed by atoms with Crippen molar-refractivity contribution >= 4 is 0 Å². The number of hydrogen-bond donors (Lipinski definition) is 0. The van der Waals surface area contributed by atoms with Crippen molar-refractivity contribution in [1.82, 2.24) is 0 Å². The molecule has 0 radical (unpaired) electrons. The quantitative estimate of drug-likeness (QED) is 0.780. The maximum atomic E-state index is 10.5. The van der Waals surface area contributed by atoms with Gasteiger partial charge in [-0.2, -0.15) is 0 Å². The van der Waals surface area contributed by atoms with E-state index in [-0.39, 0.29) is 70.7 Å². The van der Waals surface area contributed by atoms with Crippen molar-refractivity contribution in [3.8, 4) is 0 Å². The minimum atomic E-state index is -0.0247. The van der Waals surface area contributed by atoms with Crippen molar-refractivity contribution in [2.45, 2.75) is 47.5 Å². The van der Waals surface area contributed by atoms with Crippen LogP contribution in [0.25, 0.3) is 0 Å². The predicted molar refractivity (Wildman–Crippen MR) is 67.2 cm³/mol. The van der Waals surface area contributed by atoms with Crippen LogP contribution in [0.1, 0.15) is 51.7 Å². The average Bonchev–Trinajstić information content (AvgIpc) is 2.34. The van der Waals surface area contributed by atoms with Gasteiger partial charge in [0.2, 0.25) is 0 Å². The molecule has 0 aromatic heterocycles. The summed E-state index contributed by atoms with van der Waals surface area (Å²) >= 11 is 0. The van der Waals surface area contributed by atoms with Gasteiger partial charge in [0.25, 0.3) is 0 Å². The van der Waals surface area contributed by atoms with E-state index in [0.717, 1.165) is 5.56 Å². The summed E-state index contributed by atoms with van der Waals surface area (Å²) in [5, 5.41) is 10.5. The molecule has 0 fully saturated rings. The Morgan fingerprint density at radius 3 is 1.69 bits per heavy atom. The maximum absolute atomic E-state index is 10.5. The molecule has 1 rings (SSSR count). The molecule has 1 unspecified atom stereocenters. The topological polar surface area (TPSA) is 23.1 Å². The molecule has 0 saturated heterocycles. The Labute approximate surface area is 150 Å². The zero-order valence-electron chi connectivity index (χ0n) is 12.0. The SMILES string of the molecule is CC.CC.Cc1ccc(C(C)C[O-])cc1.[Rb+]. The largest absolute Gasteiger partial charge is 1.00 e. The normalized spacial score (nSPS) is 9.69. The molecular formula is C14H25ORb. The third-order valence-corrected chi connectivity index (χ3v) is 1.90. The second-order valence-corrected chi connectivity index (χ2v) is 2.98. The van der Waals surface area contributed by atoms with E-state index in [1.54, 1.807) is 0 Å². The van der Waals surface area contributed by atoms with Crippen molar-refractivity contribution < 1.29 is 63.3 Å². The maximum Gasteiger partial charge on any atom is 1.00 e. The van der Waals surface area contributed by atoms with E-state index in [4.69, 9.17) is 0 Å². The predicted octanol–water partition coefficient (Wildman–Crippen LogP) is 0.515. The second kappa shape index (κ2) is 16.0. The standard InChI is InChI=1S/C10H13O.2C2H6.Rb/c1-8-3-5-10(6-4-8)9(2)7-11;2*1-2;/h3-6,9H,7H2,1-2H3;2*1-2H3;/q-1;;;+1. The van der Waals surface area contributed by atoms with Crippen LogP contribution < -0.4 is 63.3 Å². The molecule has 1 atom stereocenters. The van der Waals surface area contributed by atoms with E-state index in [2.05, 4.69) is 0 Å². The first kappa shape index (κ1) is 22.2. The van der Waals surface area contributed by atoms with Gasteiger partial charge in [-0.3, -0.25) is 0 Å². The Bertz CT molecular complexity index is 219. The molecule has 0 aliphatic heterocycles. The number of hydrogen-bond acceptors (Lipinski definition) is 1. The van der Waals surface area contributed by atoms with Crippen molar-refractivity contribution in [2.24, 2.45) is 0 Å². The molecular weight excluding hydrogens is 270 g/mol. The molecule has 0 N–H and O–H groups in total. The van der Waals surface area contributed by atoms with Gasteiger partial charge in [0.1, 0.15) is 0 Å². The Kier molecular flexibility index (Phi) is 22.2. The van der Waals surface area contributed by atoms with Crippen LogP contribution in [0.5, 0.6) is 0 Å². The molecule has 0 spiro atoms. The molecule has 88 valence electrons. The molecule has 0 amide bonds. The Morgan fingerprint density at radius 1 is 1.00 bits per heavy atom. The van der Waals surface area contributed by atoms with Crippen LogP contribution in [-0.4, -0.2) is 6.61 Å². The fourth-order valence-corrected chi connectivity index (χ4v) is 0.991.